The van der Waals surface area contributed by atoms with Crippen LogP contribution in [-0.4, -0.2) is 25.0 Å². The summed E-state index contributed by atoms with van der Waals surface area (Å²) in [7, 11) is -3.70. The number of benzene rings is 1. The third kappa shape index (κ3) is 4.12. The highest BCUT2D eigenvalue weighted by atomic mass is 32.2. The summed E-state index contributed by atoms with van der Waals surface area (Å²) in [6, 6.07) is 6.46. The fourth-order valence-electron chi connectivity index (χ4n) is 1.62. The number of nitrogens with one attached hydrogen (secondary N) is 1. The van der Waals surface area contributed by atoms with Crippen molar-refractivity contribution in [1.82, 2.24) is 4.72 Å². The van der Waals surface area contributed by atoms with Crippen molar-refractivity contribution in [3.63, 3.8) is 0 Å². The molecule has 0 fully saturated rings. The van der Waals surface area contributed by atoms with E-state index in [4.69, 9.17) is 5.11 Å². The Hall–Kier alpha value is -1.40. The average Bonchev–Trinajstić information content (AvgIpc) is 2.13. The van der Waals surface area contributed by atoms with Crippen molar-refractivity contribution in [2.75, 3.05) is 0 Å². The van der Waals surface area contributed by atoms with Gasteiger partial charge < -0.3 is 5.11 Å². The summed E-state index contributed by atoms with van der Waals surface area (Å²) < 4.78 is 26.6. The highest BCUT2D eigenvalue weighted by Crippen LogP contribution is 2.16. The molecule has 2 N–H and O–H groups in total. The van der Waals surface area contributed by atoms with E-state index in [1.807, 2.05) is 0 Å². The molecule has 1 aromatic rings. The second-order valence-electron chi connectivity index (χ2n) is 4.88. The number of hydrogen-bond donors (Lipinski definition) is 2. The van der Waals surface area contributed by atoms with Crippen molar-refractivity contribution >= 4 is 16.0 Å². The van der Waals surface area contributed by atoms with Gasteiger partial charge >= 0.3 is 5.97 Å². The number of rotatable bonds is 5. The van der Waals surface area contributed by atoms with Gasteiger partial charge in [0.25, 0.3) is 0 Å². The van der Waals surface area contributed by atoms with Gasteiger partial charge in [0.05, 0.1) is 11.3 Å². The van der Waals surface area contributed by atoms with E-state index < -0.39 is 21.5 Å². The molecule has 0 aliphatic rings. The van der Waals surface area contributed by atoms with Crippen LogP contribution >= 0.6 is 0 Å². The van der Waals surface area contributed by atoms with Crippen LogP contribution < -0.4 is 4.72 Å². The lowest BCUT2D eigenvalue weighted by molar-refractivity contribution is -0.138. The molecule has 1 aromatic carbocycles. The molecule has 0 aliphatic heterocycles. The van der Waals surface area contributed by atoms with E-state index in [-0.39, 0.29) is 11.3 Å². The zero-order valence-electron chi connectivity index (χ0n) is 10.6. The highest BCUT2D eigenvalue weighted by molar-refractivity contribution is 7.89. The predicted octanol–water partition coefficient (Wildman–Crippen LogP) is 1.53. The van der Waals surface area contributed by atoms with Crippen molar-refractivity contribution < 1.29 is 18.3 Å². The van der Waals surface area contributed by atoms with Crippen molar-refractivity contribution in [2.24, 2.45) is 0 Å². The summed E-state index contributed by atoms with van der Waals surface area (Å²) in [5.41, 5.74) is -0.206. The summed E-state index contributed by atoms with van der Waals surface area (Å²) in [6.45, 7) is 4.87. The Morgan fingerprint density at radius 2 is 2.00 bits per heavy atom. The average molecular weight is 271 g/mol. The maximum Gasteiger partial charge on any atom is 0.305 e. The first kappa shape index (κ1) is 14.7. The molecule has 0 bridgehead atoms. The van der Waals surface area contributed by atoms with Crippen LogP contribution in [-0.2, 0) is 14.8 Å². The molecule has 0 unspecified atom stereocenters. The Balaban J connectivity index is 2.99. The smallest absolute Gasteiger partial charge is 0.305 e. The van der Waals surface area contributed by atoms with Gasteiger partial charge in [0.2, 0.25) is 10.0 Å². The van der Waals surface area contributed by atoms with E-state index in [2.05, 4.69) is 4.72 Å². The monoisotopic (exact) mass is 271 g/mol. The van der Waals surface area contributed by atoms with Gasteiger partial charge in [-0.1, -0.05) is 12.1 Å². The van der Waals surface area contributed by atoms with E-state index in [9.17, 15) is 13.2 Å². The number of sulfonamides is 1. The van der Waals surface area contributed by atoms with Crippen LogP contribution in [0.15, 0.2) is 29.2 Å². The van der Waals surface area contributed by atoms with Crippen LogP contribution in [0.1, 0.15) is 25.8 Å². The first-order chi connectivity index (χ1) is 8.12. The molecule has 0 aromatic heterocycles. The van der Waals surface area contributed by atoms with Crippen molar-refractivity contribution in [2.45, 2.75) is 37.6 Å². The van der Waals surface area contributed by atoms with E-state index in [0.717, 1.165) is 5.56 Å². The summed E-state index contributed by atoms with van der Waals surface area (Å²) in [5.74, 6) is -1.05. The van der Waals surface area contributed by atoms with Crippen molar-refractivity contribution in [3.8, 4) is 0 Å². The molecular weight excluding hydrogens is 254 g/mol. The van der Waals surface area contributed by atoms with Gasteiger partial charge in [-0.3, -0.25) is 4.79 Å². The minimum absolute atomic E-state index is 0.140. The fourth-order valence-corrected chi connectivity index (χ4v) is 3.14. The predicted molar refractivity (Wildman–Crippen MR) is 67.8 cm³/mol. The normalized spacial score (nSPS) is 12.4. The Morgan fingerprint density at radius 3 is 2.50 bits per heavy atom. The lowest BCUT2D eigenvalue weighted by Gasteiger charge is -2.24. The molecule has 0 saturated carbocycles. The van der Waals surface area contributed by atoms with E-state index >= 15 is 0 Å². The lowest BCUT2D eigenvalue weighted by Crippen LogP contribution is -2.44. The van der Waals surface area contributed by atoms with Gasteiger partial charge in [-0.15, -0.1) is 0 Å². The lowest BCUT2D eigenvalue weighted by atomic mass is 10.0. The van der Waals surface area contributed by atoms with Crippen LogP contribution in [0, 0.1) is 6.92 Å². The highest BCUT2D eigenvalue weighted by Gasteiger charge is 2.28. The summed E-state index contributed by atoms with van der Waals surface area (Å²) in [4.78, 5) is 10.8. The molecule has 0 heterocycles. The molecule has 1 rings (SSSR count). The number of aliphatic carboxylic acids is 1. The molecule has 18 heavy (non-hydrogen) atoms. The van der Waals surface area contributed by atoms with Crippen LogP contribution in [0.5, 0.6) is 0 Å². The Labute approximate surface area is 107 Å². The van der Waals surface area contributed by atoms with Crippen LogP contribution in [0.2, 0.25) is 0 Å². The molecule has 0 spiro atoms. The standard InChI is InChI=1S/C12H17NO4S/c1-9-5-4-6-10(7-9)18(16,17)13-12(2,3)8-11(14)15/h4-7,13H,8H2,1-3H3,(H,14,15). The number of hydrogen-bond acceptors (Lipinski definition) is 3. The zero-order valence-corrected chi connectivity index (χ0v) is 11.4. The fraction of sp³-hybridized carbons (Fsp3) is 0.417. The van der Waals surface area contributed by atoms with Gasteiger partial charge in [-0.25, -0.2) is 13.1 Å². The quantitative estimate of drug-likeness (QED) is 0.850. The van der Waals surface area contributed by atoms with Gasteiger partial charge in [0.15, 0.2) is 0 Å². The van der Waals surface area contributed by atoms with E-state index in [1.165, 1.54) is 19.9 Å². The Bertz CT molecular complexity index is 549. The summed E-state index contributed by atoms with van der Waals surface area (Å²) in [6.07, 6.45) is -0.280. The molecule has 0 atom stereocenters. The first-order valence-corrected chi connectivity index (χ1v) is 6.93. The Morgan fingerprint density at radius 1 is 1.39 bits per heavy atom. The third-order valence-corrected chi connectivity index (χ3v) is 4.00. The Kier molecular flexibility index (Phi) is 4.13. The zero-order chi connectivity index (χ0) is 14.0. The minimum Gasteiger partial charge on any atom is -0.481 e. The molecule has 5 nitrogen and oxygen atoms in total. The molecular formula is C12H17NO4S. The van der Waals surface area contributed by atoms with Crippen LogP contribution in [0.25, 0.3) is 0 Å². The van der Waals surface area contributed by atoms with Crippen molar-refractivity contribution in [1.29, 1.82) is 0 Å². The summed E-state index contributed by atoms with van der Waals surface area (Å²) in [5, 5.41) is 8.73. The van der Waals surface area contributed by atoms with E-state index in [0.29, 0.717) is 0 Å². The minimum atomic E-state index is -3.70. The number of carboxylic acid groups (broad SMARTS) is 1. The molecule has 0 aliphatic carbocycles. The van der Waals surface area contributed by atoms with Crippen LogP contribution in [0.3, 0.4) is 0 Å². The van der Waals surface area contributed by atoms with E-state index in [1.54, 1.807) is 25.1 Å². The molecule has 6 heteroatoms. The molecule has 100 valence electrons. The molecule has 0 radical (unpaired) electrons. The molecule has 0 saturated heterocycles. The van der Waals surface area contributed by atoms with Gasteiger partial charge in [-0.2, -0.15) is 0 Å². The second kappa shape index (κ2) is 5.07. The third-order valence-electron chi connectivity index (χ3n) is 2.30. The number of aryl methyl sites for hydroxylation is 1. The maximum absolute atomic E-state index is 12.1. The van der Waals surface area contributed by atoms with Crippen LogP contribution in [0.4, 0.5) is 0 Å². The topological polar surface area (TPSA) is 83.5 Å². The number of carboxylic acids is 1. The largest absolute Gasteiger partial charge is 0.481 e. The first-order valence-electron chi connectivity index (χ1n) is 5.45. The SMILES string of the molecule is Cc1cccc(S(=O)(=O)NC(C)(C)CC(=O)O)c1. The van der Waals surface area contributed by atoms with Gasteiger partial charge in [0.1, 0.15) is 0 Å². The summed E-state index contributed by atoms with van der Waals surface area (Å²) >= 11 is 0. The maximum atomic E-state index is 12.1. The second-order valence-corrected chi connectivity index (χ2v) is 6.56. The van der Waals surface area contributed by atoms with Gasteiger partial charge in [-0.05, 0) is 38.5 Å². The molecule has 0 amide bonds. The van der Waals surface area contributed by atoms with Crippen molar-refractivity contribution in [3.05, 3.63) is 29.8 Å². The number of carbonyl (C=O) groups is 1. The van der Waals surface area contributed by atoms with Gasteiger partial charge in [0, 0.05) is 5.54 Å².